The monoisotopic (exact) mass is 296 g/mol. The van der Waals surface area contributed by atoms with Crippen LogP contribution in [0.2, 0.25) is 0 Å². The number of halogens is 1. The Morgan fingerprint density at radius 2 is 1.94 bits per heavy atom. The fourth-order valence-corrected chi connectivity index (χ4v) is 2.50. The third-order valence-corrected chi connectivity index (χ3v) is 3.35. The third-order valence-electron chi connectivity index (χ3n) is 2.89. The standard InChI is InChI=1S/C13H17BrN2O/c1-8-5-10(14)6-9(2)13(8)16-12(17)7-15-11-3-4-11/h5-6,11,15H,3-4,7H2,1-2H3,(H,16,17). The largest absolute Gasteiger partial charge is 0.324 e. The van der Waals surface area contributed by atoms with Crippen LogP contribution in [0.4, 0.5) is 5.69 Å². The van der Waals surface area contributed by atoms with Gasteiger partial charge in [-0.05, 0) is 49.9 Å². The van der Waals surface area contributed by atoms with Gasteiger partial charge in [0.05, 0.1) is 6.54 Å². The highest BCUT2D eigenvalue weighted by molar-refractivity contribution is 9.10. The number of carbonyl (C=O) groups excluding carboxylic acids is 1. The molecule has 0 aliphatic heterocycles. The fourth-order valence-electron chi connectivity index (χ4n) is 1.82. The molecule has 3 nitrogen and oxygen atoms in total. The molecule has 1 aromatic rings. The van der Waals surface area contributed by atoms with E-state index in [9.17, 15) is 4.79 Å². The summed E-state index contributed by atoms with van der Waals surface area (Å²) in [6.45, 7) is 4.41. The van der Waals surface area contributed by atoms with Gasteiger partial charge in [-0.1, -0.05) is 15.9 Å². The molecule has 2 N–H and O–H groups in total. The van der Waals surface area contributed by atoms with Crippen LogP contribution in [0.3, 0.4) is 0 Å². The van der Waals surface area contributed by atoms with E-state index in [4.69, 9.17) is 0 Å². The van der Waals surface area contributed by atoms with E-state index in [0.717, 1.165) is 21.3 Å². The van der Waals surface area contributed by atoms with Crippen molar-refractivity contribution in [1.29, 1.82) is 0 Å². The first kappa shape index (κ1) is 12.6. The van der Waals surface area contributed by atoms with E-state index in [2.05, 4.69) is 26.6 Å². The molecule has 1 fully saturated rings. The van der Waals surface area contributed by atoms with Crippen LogP contribution in [0, 0.1) is 13.8 Å². The van der Waals surface area contributed by atoms with Crippen molar-refractivity contribution in [2.75, 3.05) is 11.9 Å². The summed E-state index contributed by atoms with van der Waals surface area (Å²) in [4.78, 5) is 11.7. The molecular formula is C13H17BrN2O. The Balaban J connectivity index is 1.99. The van der Waals surface area contributed by atoms with Crippen molar-refractivity contribution in [3.63, 3.8) is 0 Å². The Morgan fingerprint density at radius 1 is 1.35 bits per heavy atom. The summed E-state index contributed by atoms with van der Waals surface area (Å²) in [5.41, 5.74) is 3.09. The number of amides is 1. The lowest BCUT2D eigenvalue weighted by molar-refractivity contribution is -0.115. The molecule has 2 rings (SSSR count). The third kappa shape index (κ3) is 3.54. The Bertz CT molecular complexity index is 418. The molecule has 0 aromatic heterocycles. The average Bonchev–Trinajstić information content (AvgIpc) is 3.04. The quantitative estimate of drug-likeness (QED) is 0.897. The Morgan fingerprint density at radius 3 is 2.47 bits per heavy atom. The van der Waals surface area contributed by atoms with Crippen LogP contribution in [0.25, 0.3) is 0 Å². The first-order valence-electron chi connectivity index (χ1n) is 5.86. The van der Waals surface area contributed by atoms with E-state index in [1.165, 1.54) is 12.8 Å². The van der Waals surface area contributed by atoms with Crippen LogP contribution < -0.4 is 10.6 Å². The van der Waals surface area contributed by atoms with Crippen LogP contribution >= 0.6 is 15.9 Å². The van der Waals surface area contributed by atoms with E-state index < -0.39 is 0 Å². The molecule has 1 aliphatic carbocycles. The maximum Gasteiger partial charge on any atom is 0.238 e. The second-order valence-electron chi connectivity index (χ2n) is 4.62. The zero-order valence-corrected chi connectivity index (χ0v) is 11.7. The van der Waals surface area contributed by atoms with Crippen molar-refractivity contribution in [2.24, 2.45) is 0 Å². The minimum Gasteiger partial charge on any atom is -0.324 e. The summed E-state index contributed by atoms with van der Waals surface area (Å²) < 4.78 is 1.04. The van der Waals surface area contributed by atoms with Gasteiger partial charge in [0.1, 0.15) is 0 Å². The maximum absolute atomic E-state index is 11.7. The van der Waals surface area contributed by atoms with Crippen LogP contribution in [0.5, 0.6) is 0 Å². The average molecular weight is 297 g/mol. The normalized spacial score (nSPS) is 14.8. The van der Waals surface area contributed by atoms with E-state index in [0.29, 0.717) is 12.6 Å². The maximum atomic E-state index is 11.7. The summed E-state index contributed by atoms with van der Waals surface area (Å²) >= 11 is 3.45. The number of hydrogen-bond acceptors (Lipinski definition) is 2. The lowest BCUT2D eigenvalue weighted by Gasteiger charge is -2.12. The van der Waals surface area contributed by atoms with Crippen LogP contribution in [-0.2, 0) is 4.79 Å². The topological polar surface area (TPSA) is 41.1 Å². The molecule has 0 bridgehead atoms. The van der Waals surface area contributed by atoms with E-state index in [1.54, 1.807) is 0 Å². The molecule has 0 unspecified atom stereocenters. The Hall–Kier alpha value is -0.870. The van der Waals surface area contributed by atoms with Crippen molar-refractivity contribution < 1.29 is 4.79 Å². The molecule has 0 radical (unpaired) electrons. The summed E-state index contributed by atoms with van der Waals surface area (Å²) in [6, 6.07) is 4.58. The van der Waals surface area contributed by atoms with Crippen LogP contribution in [0.1, 0.15) is 24.0 Å². The number of benzene rings is 1. The number of hydrogen-bond donors (Lipinski definition) is 2. The van der Waals surface area contributed by atoms with Crippen molar-refractivity contribution in [3.05, 3.63) is 27.7 Å². The van der Waals surface area contributed by atoms with Gasteiger partial charge < -0.3 is 10.6 Å². The second kappa shape index (κ2) is 5.19. The van der Waals surface area contributed by atoms with Crippen molar-refractivity contribution in [3.8, 4) is 0 Å². The minimum absolute atomic E-state index is 0.0328. The van der Waals surface area contributed by atoms with Gasteiger partial charge in [-0.3, -0.25) is 4.79 Å². The predicted molar refractivity (Wildman–Crippen MR) is 73.3 cm³/mol. The molecule has 0 saturated heterocycles. The molecule has 1 saturated carbocycles. The molecule has 1 aliphatic rings. The number of aryl methyl sites for hydroxylation is 2. The molecule has 92 valence electrons. The summed E-state index contributed by atoms with van der Waals surface area (Å²) in [7, 11) is 0. The molecular weight excluding hydrogens is 280 g/mol. The van der Waals surface area contributed by atoms with Gasteiger partial charge in [-0.15, -0.1) is 0 Å². The van der Waals surface area contributed by atoms with Crippen molar-refractivity contribution in [1.82, 2.24) is 5.32 Å². The number of carbonyl (C=O) groups is 1. The second-order valence-corrected chi connectivity index (χ2v) is 5.53. The zero-order chi connectivity index (χ0) is 12.4. The van der Waals surface area contributed by atoms with Gasteiger partial charge in [0.25, 0.3) is 0 Å². The lowest BCUT2D eigenvalue weighted by atomic mass is 10.1. The molecule has 0 atom stereocenters. The Labute approximate surface area is 110 Å². The fraction of sp³-hybridized carbons (Fsp3) is 0.462. The number of rotatable bonds is 4. The summed E-state index contributed by atoms with van der Waals surface area (Å²) in [5, 5.41) is 6.17. The summed E-state index contributed by atoms with van der Waals surface area (Å²) in [5.74, 6) is 0.0328. The van der Waals surface area contributed by atoms with E-state index in [1.807, 2.05) is 26.0 Å². The van der Waals surface area contributed by atoms with Crippen LogP contribution in [-0.4, -0.2) is 18.5 Å². The van der Waals surface area contributed by atoms with Crippen molar-refractivity contribution in [2.45, 2.75) is 32.7 Å². The smallest absolute Gasteiger partial charge is 0.238 e. The zero-order valence-electron chi connectivity index (χ0n) is 10.1. The minimum atomic E-state index is 0.0328. The highest BCUT2D eigenvalue weighted by atomic mass is 79.9. The van der Waals surface area contributed by atoms with Gasteiger partial charge in [-0.2, -0.15) is 0 Å². The number of nitrogens with one attached hydrogen (secondary N) is 2. The molecule has 1 amide bonds. The van der Waals surface area contributed by atoms with Gasteiger partial charge in [0, 0.05) is 16.2 Å². The van der Waals surface area contributed by atoms with Gasteiger partial charge >= 0.3 is 0 Å². The number of anilines is 1. The molecule has 4 heteroatoms. The highest BCUT2D eigenvalue weighted by Gasteiger charge is 2.21. The van der Waals surface area contributed by atoms with E-state index >= 15 is 0 Å². The molecule has 1 aromatic carbocycles. The highest BCUT2D eigenvalue weighted by Crippen LogP contribution is 2.25. The summed E-state index contributed by atoms with van der Waals surface area (Å²) in [6.07, 6.45) is 2.40. The van der Waals surface area contributed by atoms with Gasteiger partial charge in [0.2, 0.25) is 5.91 Å². The van der Waals surface area contributed by atoms with E-state index in [-0.39, 0.29) is 5.91 Å². The molecule has 0 spiro atoms. The molecule has 0 heterocycles. The Kier molecular flexibility index (Phi) is 3.84. The van der Waals surface area contributed by atoms with Crippen molar-refractivity contribution >= 4 is 27.5 Å². The predicted octanol–water partition coefficient (Wildman–Crippen LogP) is 2.76. The van der Waals surface area contributed by atoms with Gasteiger partial charge in [0.15, 0.2) is 0 Å². The van der Waals surface area contributed by atoms with Crippen LogP contribution in [0.15, 0.2) is 16.6 Å². The van der Waals surface area contributed by atoms with Gasteiger partial charge in [-0.25, -0.2) is 0 Å². The SMILES string of the molecule is Cc1cc(Br)cc(C)c1NC(=O)CNC1CC1. The lowest BCUT2D eigenvalue weighted by Crippen LogP contribution is -2.29. The first-order chi connectivity index (χ1) is 8.06. The molecule has 17 heavy (non-hydrogen) atoms. The first-order valence-corrected chi connectivity index (χ1v) is 6.65.